The van der Waals surface area contributed by atoms with Crippen LogP contribution >= 0.6 is 23.2 Å². The Morgan fingerprint density at radius 2 is 1.71 bits per heavy atom. The summed E-state index contributed by atoms with van der Waals surface area (Å²) in [6, 6.07) is 8.73. The monoisotopic (exact) mass is 329 g/mol. The zero-order chi connectivity index (χ0) is 15.4. The maximum Gasteiger partial charge on any atom is 0.126 e. The molecule has 1 atom stereocenters. The fourth-order valence-corrected chi connectivity index (χ4v) is 2.59. The molecule has 0 aliphatic heterocycles. The standard InChI is InChI=1S/C16H15Cl2F2N/c1-10(12-6-14(19)9-15(20)7-12)21-5-4-11-2-3-13(17)8-16(11)18/h2-3,6-10,21H,4-5H2,1H3. The van der Waals surface area contributed by atoms with Crippen molar-refractivity contribution in [3.05, 3.63) is 69.2 Å². The minimum Gasteiger partial charge on any atom is -0.310 e. The lowest BCUT2D eigenvalue weighted by molar-refractivity contribution is 0.547. The van der Waals surface area contributed by atoms with Gasteiger partial charge < -0.3 is 5.32 Å². The predicted molar refractivity (Wildman–Crippen MR) is 82.9 cm³/mol. The van der Waals surface area contributed by atoms with Crippen LogP contribution < -0.4 is 5.32 Å². The van der Waals surface area contributed by atoms with Crippen molar-refractivity contribution < 1.29 is 8.78 Å². The van der Waals surface area contributed by atoms with E-state index in [9.17, 15) is 8.78 Å². The van der Waals surface area contributed by atoms with Crippen molar-refractivity contribution in [2.45, 2.75) is 19.4 Å². The van der Waals surface area contributed by atoms with Gasteiger partial charge in [-0.15, -0.1) is 0 Å². The molecule has 0 aliphatic rings. The van der Waals surface area contributed by atoms with E-state index >= 15 is 0 Å². The molecular weight excluding hydrogens is 315 g/mol. The summed E-state index contributed by atoms with van der Waals surface area (Å²) >= 11 is 11.9. The van der Waals surface area contributed by atoms with Gasteiger partial charge in [-0.2, -0.15) is 0 Å². The normalized spacial score (nSPS) is 12.4. The lowest BCUT2D eigenvalue weighted by Crippen LogP contribution is -2.21. The SMILES string of the molecule is CC(NCCc1ccc(Cl)cc1Cl)c1cc(F)cc(F)c1. The average molecular weight is 330 g/mol. The first-order valence-electron chi connectivity index (χ1n) is 6.59. The van der Waals surface area contributed by atoms with Gasteiger partial charge in [0.1, 0.15) is 11.6 Å². The van der Waals surface area contributed by atoms with E-state index in [1.165, 1.54) is 12.1 Å². The van der Waals surface area contributed by atoms with Gasteiger partial charge in [0.25, 0.3) is 0 Å². The first kappa shape index (κ1) is 16.2. The third kappa shape index (κ3) is 4.67. The fraction of sp³-hybridized carbons (Fsp3) is 0.250. The molecule has 0 fully saturated rings. The third-order valence-corrected chi connectivity index (χ3v) is 3.83. The Hall–Kier alpha value is -1.16. The Balaban J connectivity index is 1.93. The van der Waals surface area contributed by atoms with E-state index in [4.69, 9.17) is 23.2 Å². The van der Waals surface area contributed by atoms with E-state index in [-0.39, 0.29) is 6.04 Å². The summed E-state index contributed by atoms with van der Waals surface area (Å²) in [5.74, 6) is -1.14. The molecule has 0 amide bonds. The Morgan fingerprint density at radius 1 is 1.05 bits per heavy atom. The molecule has 5 heteroatoms. The van der Waals surface area contributed by atoms with E-state index in [1.54, 1.807) is 12.1 Å². The van der Waals surface area contributed by atoms with Gasteiger partial charge in [-0.1, -0.05) is 29.3 Å². The largest absolute Gasteiger partial charge is 0.310 e. The number of nitrogens with one attached hydrogen (secondary N) is 1. The summed E-state index contributed by atoms with van der Waals surface area (Å²) in [5.41, 5.74) is 1.56. The first-order valence-corrected chi connectivity index (χ1v) is 7.34. The van der Waals surface area contributed by atoms with Crippen LogP contribution in [0.4, 0.5) is 8.78 Å². The number of rotatable bonds is 5. The number of halogens is 4. The molecule has 0 bridgehead atoms. The smallest absolute Gasteiger partial charge is 0.126 e. The van der Waals surface area contributed by atoms with E-state index in [2.05, 4.69) is 5.32 Å². The van der Waals surface area contributed by atoms with Crippen LogP contribution in [0.3, 0.4) is 0 Å². The summed E-state index contributed by atoms with van der Waals surface area (Å²) in [6.45, 7) is 2.50. The molecule has 0 saturated heterocycles. The Labute approximate surface area is 132 Å². The minimum atomic E-state index is -0.570. The molecule has 2 rings (SSSR count). The quantitative estimate of drug-likeness (QED) is 0.798. The summed E-state index contributed by atoms with van der Waals surface area (Å²) in [5, 5.41) is 4.44. The number of benzene rings is 2. The molecule has 1 nitrogen and oxygen atoms in total. The van der Waals surface area contributed by atoms with Crippen LogP contribution in [0, 0.1) is 11.6 Å². The van der Waals surface area contributed by atoms with Gasteiger partial charge in [0.2, 0.25) is 0 Å². The van der Waals surface area contributed by atoms with E-state index in [1.807, 2.05) is 13.0 Å². The maximum absolute atomic E-state index is 13.2. The molecule has 112 valence electrons. The summed E-state index contributed by atoms with van der Waals surface area (Å²) in [7, 11) is 0. The van der Waals surface area contributed by atoms with Gasteiger partial charge in [0.15, 0.2) is 0 Å². The van der Waals surface area contributed by atoms with Gasteiger partial charge in [-0.25, -0.2) is 8.78 Å². The van der Waals surface area contributed by atoms with Crippen molar-refractivity contribution in [3.63, 3.8) is 0 Å². The molecule has 0 heterocycles. The Morgan fingerprint density at radius 3 is 2.33 bits per heavy atom. The zero-order valence-corrected chi connectivity index (χ0v) is 13.0. The molecule has 0 aromatic heterocycles. The van der Waals surface area contributed by atoms with E-state index < -0.39 is 11.6 Å². The molecule has 0 spiro atoms. The van der Waals surface area contributed by atoms with Gasteiger partial charge >= 0.3 is 0 Å². The van der Waals surface area contributed by atoms with Crippen LogP contribution in [-0.2, 0) is 6.42 Å². The topological polar surface area (TPSA) is 12.0 Å². The van der Waals surface area contributed by atoms with Crippen molar-refractivity contribution in [1.82, 2.24) is 5.32 Å². The highest BCUT2D eigenvalue weighted by atomic mass is 35.5. The molecule has 1 unspecified atom stereocenters. The first-order chi connectivity index (χ1) is 9.95. The van der Waals surface area contributed by atoms with Crippen molar-refractivity contribution >= 4 is 23.2 Å². The molecule has 0 saturated carbocycles. The fourth-order valence-electron chi connectivity index (χ4n) is 2.09. The lowest BCUT2D eigenvalue weighted by atomic mass is 10.1. The molecule has 0 aliphatic carbocycles. The van der Waals surface area contributed by atoms with E-state index in [0.717, 1.165) is 11.6 Å². The zero-order valence-electron chi connectivity index (χ0n) is 11.5. The molecule has 2 aromatic carbocycles. The predicted octanol–water partition coefficient (Wildman–Crippen LogP) is 5.16. The van der Waals surface area contributed by atoms with Gasteiger partial charge in [-0.05, 0) is 55.3 Å². The van der Waals surface area contributed by atoms with Crippen molar-refractivity contribution in [2.24, 2.45) is 0 Å². The molecule has 1 N–H and O–H groups in total. The van der Waals surface area contributed by atoms with Crippen LogP contribution in [0.1, 0.15) is 24.1 Å². The molecule has 2 aromatic rings. The summed E-state index contributed by atoms with van der Waals surface area (Å²) < 4.78 is 26.3. The Kier molecular flexibility index (Phi) is 5.57. The third-order valence-electron chi connectivity index (χ3n) is 3.24. The second kappa shape index (κ2) is 7.21. The van der Waals surface area contributed by atoms with Crippen LogP contribution in [0.25, 0.3) is 0 Å². The summed E-state index contributed by atoms with van der Waals surface area (Å²) in [4.78, 5) is 0. The van der Waals surface area contributed by atoms with Gasteiger partial charge in [-0.3, -0.25) is 0 Å². The van der Waals surface area contributed by atoms with Crippen molar-refractivity contribution in [2.75, 3.05) is 6.54 Å². The highest BCUT2D eigenvalue weighted by Crippen LogP contribution is 2.21. The van der Waals surface area contributed by atoms with Crippen molar-refractivity contribution in [3.8, 4) is 0 Å². The minimum absolute atomic E-state index is 0.152. The number of hydrogen-bond donors (Lipinski definition) is 1. The van der Waals surface area contributed by atoms with Crippen LogP contribution in [0.2, 0.25) is 10.0 Å². The molecule has 0 radical (unpaired) electrons. The molecule has 21 heavy (non-hydrogen) atoms. The van der Waals surface area contributed by atoms with Crippen molar-refractivity contribution in [1.29, 1.82) is 0 Å². The highest BCUT2D eigenvalue weighted by molar-refractivity contribution is 6.35. The summed E-state index contributed by atoms with van der Waals surface area (Å²) in [6.07, 6.45) is 0.706. The Bertz CT molecular complexity index is 611. The average Bonchev–Trinajstić information content (AvgIpc) is 2.40. The second-order valence-corrected chi connectivity index (χ2v) is 5.71. The van der Waals surface area contributed by atoms with Crippen LogP contribution in [0.5, 0.6) is 0 Å². The van der Waals surface area contributed by atoms with Gasteiger partial charge in [0.05, 0.1) is 0 Å². The molecular formula is C16H15Cl2F2N. The van der Waals surface area contributed by atoms with Crippen LogP contribution in [-0.4, -0.2) is 6.54 Å². The lowest BCUT2D eigenvalue weighted by Gasteiger charge is -2.15. The van der Waals surface area contributed by atoms with E-state index in [0.29, 0.717) is 28.6 Å². The highest BCUT2D eigenvalue weighted by Gasteiger charge is 2.09. The van der Waals surface area contributed by atoms with Crippen LogP contribution in [0.15, 0.2) is 36.4 Å². The van der Waals surface area contributed by atoms with Gasteiger partial charge in [0, 0.05) is 22.2 Å². The number of hydrogen-bond acceptors (Lipinski definition) is 1. The maximum atomic E-state index is 13.2. The second-order valence-electron chi connectivity index (χ2n) is 4.86.